The fourth-order valence-corrected chi connectivity index (χ4v) is 1.57. The van der Waals surface area contributed by atoms with Gasteiger partial charge in [-0.2, -0.15) is 0 Å². The number of benzene rings is 1. The first-order valence-electron chi connectivity index (χ1n) is 5.06. The van der Waals surface area contributed by atoms with Gasteiger partial charge in [0.1, 0.15) is 0 Å². The molecule has 72 valence electrons. The number of aryl methyl sites for hydroxylation is 1. The maximum Gasteiger partial charge on any atom is 0.0242 e. The summed E-state index contributed by atoms with van der Waals surface area (Å²) in [7, 11) is 0. The summed E-state index contributed by atoms with van der Waals surface area (Å²) in [4.78, 5) is 0. The van der Waals surface area contributed by atoms with E-state index in [9.17, 15) is 0 Å². The molecule has 0 amide bonds. The van der Waals surface area contributed by atoms with Crippen molar-refractivity contribution in [1.82, 2.24) is 0 Å². The van der Waals surface area contributed by atoms with Crippen molar-refractivity contribution in [1.29, 1.82) is 0 Å². The lowest BCUT2D eigenvalue weighted by Gasteiger charge is -2.07. The van der Waals surface area contributed by atoms with Crippen LogP contribution >= 0.6 is 0 Å². The topological polar surface area (TPSA) is 26.0 Å². The molecule has 0 aromatic heterocycles. The summed E-state index contributed by atoms with van der Waals surface area (Å²) in [5.74, 6) is 2.61. The lowest BCUT2D eigenvalue weighted by molar-refractivity contribution is 0.609. The van der Waals surface area contributed by atoms with Crippen LogP contribution in [0.25, 0.3) is 0 Å². The van der Waals surface area contributed by atoms with E-state index in [-0.39, 0.29) is 5.54 Å². The van der Waals surface area contributed by atoms with Crippen LogP contribution in [0.1, 0.15) is 30.4 Å². The molecule has 2 rings (SSSR count). The van der Waals surface area contributed by atoms with Crippen molar-refractivity contribution in [3.63, 3.8) is 0 Å². The maximum absolute atomic E-state index is 6.02. The Bertz CT molecular complexity index is 352. The molecule has 1 nitrogen and oxygen atoms in total. The van der Waals surface area contributed by atoms with E-state index >= 15 is 0 Å². The zero-order valence-electron chi connectivity index (χ0n) is 8.29. The van der Waals surface area contributed by atoms with Crippen LogP contribution in [0.4, 0.5) is 0 Å². The minimum Gasteiger partial charge on any atom is -0.325 e. The highest BCUT2D eigenvalue weighted by atomic mass is 14.8. The molecule has 1 aliphatic rings. The molecule has 1 aliphatic carbocycles. The Labute approximate surface area is 85.3 Å². The Hall–Kier alpha value is -1.26. The molecule has 1 heteroatoms. The van der Waals surface area contributed by atoms with Gasteiger partial charge in [0.2, 0.25) is 0 Å². The van der Waals surface area contributed by atoms with Crippen molar-refractivity contribution in [2.24, 2.45) is 5.73 Å². The minimum absolute atomic E-state index is 0.158. The van der Waals surface area contributed by atoms with Crippen molar-refractivity contribution in [3.8, 4) is 12.3 Å². The summed E-state index contributed by atoms with van der Waals surface area (Å²) < 4.78 is 0. The van der Waals surface area contributed by atoms with Gasteiger partial charge in [-0.25, -0.2) is 0 Å². The molecular weight excluding hydrogens is 170 g/mol. The van der Waals surface area contributed by atoms with Gasteiger partial charge in [-0.1, -0.05) is 18.1 Å². The first-order chi connectivity index (χ1) is 6.72. The smallest absolute Gasteiger partial charge is 0.0242 e. The molecule has 0 aliphatic heterocycles. The number of hydrogen-bond donors (Lipinski definition) is 1. The average molecular weight is 185 g/mol. The molecule has 0 atom stereocenters. The molecule has 1 fully saturated rings. The molecule has 2 N–H and O–H groups in total. The first-order valence-corrected chi connectivity index (χ1v) is 5.06. The number of terminal acetylenes is 1. The highest BCUT2D eigenvalue weighted by Gasteiger charge is 2.37. The highest BCUT2D eigenvalue weighted by Crippen LogP contribution is 2.36. The second kappa shape index (κ2) is 3.48. The van der Waals surface area contributed by atoms with Gasteiger partial charge in [-0.15, -0.1) is 6.42 Å². The van der Waals surface area contributed by atoms with Crippen LogP contribution in [0.2, 0.25) is 0 Å². The van der Waals surface area contributed by atoms with E-state index in [2.05, 4.69) is 18.1 Å². The van der Waals surface area contributed by atoms with Crippen molar-refractivity contribution >= 4 is 0 Å². The molecule has 0 bridgehead atoms. The monoisotopic (exact) mass is 185 g/mol. The Morgan fingerprint density at radius 3 is 2.43 bits per heavy atom. The summed E-state index contributed by atoms with van der Waals surface area (Å²) >= 11 is 0. The fourth-order valence-electron chi connectivity index (χ4n) is 1.57. The van der Waals surface area contributed by atoms with Gasteiger partial charge in [0.05, 0.1) is 0 Å². The van der Waals surface area contributed by atoms with Crippen LogP contribution < -0.4 is 5.73 Å². The first kappa shape index (κ1) is 9.30. The van der Waals surface area contributed by atoms with Crippen molar-refractivity contribution in [3.05, 3.63) is 35.4 Å². The third kappa shape index (κ3) is 2.16. The Kier molecular flexibility index (Phi) is 2.31. The van der Waals surface area contributed by atoms with Crippen LogP contribution in [0, 0.1) is 12.3 Å². The van der Waals surface area contributed by atoms with E-state index in [0.717, 1.165) is 18.4 Å². The molecule has 1 aromatic carbocycles. The van der Waals surface area contributed by atoms with Gasteiger partial charge in [0.25, 0.3) is 0 Å². The van der Waals surface area contributed by atoms with Crippen LogP contribution in [0.15, 0.2) is 24.3 Å². The van der Waals surface area contributed by atoms with Crippen LogP contribution in [0.3, 0.4) is 0 Å². The van der Waals surface area contributed by atoms with E-state index in [4.69, 9.17) is 12.2 Å². The van der Waals surface area contributed by atoms with Crippen molar-refractivity contribution in [2.75, 3.05) is 0 Å². The normalized spacial score (nSPS) is 17.4. The summed E-state index contributed by atoms with van der Waals surface area (Å²) in [5.41, 5.74) is 8.46. The predicted molar refractivity (Wildman–Crippen MR) is 58.9 cm³/mol. The summed E-state index contributed by atoms with van der Waals surface area (Å²) in [6, 6.07) is 8.18. The predicted octanol–water partition coefficient (Wildman–Crippen LogP) is 2.09. The lowest BCUT2D eigenvalue weighted by Crippen LogP contribution is -2.22. The molecule has 1 saturated carbocycles. The molecule has 1 aromatic rings. The van der Waals surface area contributed by atoms with E-state index in [1.54, 1.807) is 0 Å². The van der Waals surface area contributed by atoms with Crippen LogP contribution in [-0.4, -0.2) is 5.54 Å². The van der Waals surface area contributed by atoms with Crippen LogP contribution in [-0.2, 0) is 6.42 Å². The molecule has 0 heterocycles. The Balaban J connectivity index is 1.94. The van der Waals surface area contributed by atoms with Gasteiger partial charge < -0.3 is 5.73 Å². The molecule has 0 radical (unpaired) electrons. The Morgan fingerprint density at radius 1 is 1.29 bits per heavy atom. The zero-order valence-corrected chi connectivity index (χ0v) is 8.29. The third-order valence-corrected chi connectivity index (χ3v) is 2.92. The lowest BCUT2D eigenvalue weighted by atomic mass is 10.0. The SMILES string of the molecule is C#Cc1ccc(CCC2(N)CC2)cc1. The number of hydrogen-bond acceptors (Lipinski definition) is 1. The average Bonchev–Trinajstić information content (AvgIpc) is 2.95. The van der Waals surface area contributed by atoms with Crippen molar-refractivity contribution in [2.45, 2.75) is 31.2 Å². The second-order valence-corrected chi connectivity index (χ2v) is 4.20. The van der Waals surface area contributed by atoms with Gasteiger partial charge in [-0.3, -0.25) is 0 Å². The molecule has 0 unspecified atom stereocenters. The number of rotatable bonds is 3. The second-order valence-electron chi connectivity index (χ2n) is 4.20. The molecular formula is C13H15N. The van der Waals surface area contributed by atoms with Gasteiger partial charge in [-0.05, 0) is 43.4 Å². The maximum atomic E-state index is 6.02. The summed E-state index contributed by atoms with van der Waals surface area (Å²) in [6.45, 7) is 0. The van der Waals surface area contributed by atoms with Crippen LogP contribution in [0.5, 0.6) is 0 Å². The Morgan fingerprint density at radius 2 is 1.93 bits per heavy atom. The van der Waals surface area contributed by atoms with E-state index in [1.165, 1.54) is 18.4 Å². The standard InChI is InChI=1S/C13H15N/c1-2-11-3-5-12(6-4-11)7-8-13(14)9-10-13/h1,3-6H,7-10,14H2. The van der Waals surface area contributed by atoms with E-state index in [1.807, 2.05) is 12.1 Å². The largest absolute Gasteiger partial charge is 0.325 e. The number of nitrogens with two attached hydrogens (primary N) is 1. The molecule has 0 spiro atoms. The minimum atomic E-state index is 0.158. The fraction of sp³-hybridized carbons (Fsp3) is 0.385. The summed E-state index contributed by atoms with van der Waals surface area (Å²) in [5, 5.41) is 0. The summed E-state index contributed by atoms with van der Waals surface area (Å²) in [6.07, 6.45) is 9.83. The quantitative estimate of drug-likeness (QED) is 0.717. The van der Waals surface area contributed by atoms with Gasteiger partial charge in [0.15, 0.2) is 0 Å². The van der Waals surface area contributed by atoms with E-state index < -0.39 is 0 Å². The van der Waals surface area contributed by atoms with E-state index in [0.29, 0.717) is 0 Å². The van der Waals surface area contributed by atoms with Crippen molar-refractivity contribution < 1.29 is 0 Å². The zero-order chi connectivity index (χ0) is 10.0. The van der Waals surface area contributed by atoms with Gasteiger partial charge in [0, 0.05) is 11.1 Å². The third-order valence-electron chi connectivity index (χ3n) is 2.92. The molecule has 0 saturated heterocycles. The van der Waals surface area contributed by atoms with Gasteiger partial charge >= 0.3 is 0 Å². The highest BCUT2D eigenvalue weighted by molar-refractivity contribution is 5.34. The molecule has 14 heavy (non-hydrogen) atoms.